The van der Waals surface area contributed by atoms with Crippen molar-refractivity contribution >= 4 is 23.2 Å². The van der Waals surface area contributed by atoms with Crippen molar-refractivity contribution in [1.29, 1.82) is 0 Å². The minimum absolute atomic E-state index is 0.0602. The third kappa shape index (κ3) is 3.65. The first-order valence-electron chi connectivity index (χ1n) is 9.26. The first kappa shape index (κ1) is 17.2. The molecule has 5 nitrogen and oxygen atoms in total. The third-order valence-electron chi connectivity index (χ3n) is 5.38. The number of rotatable bonds is 4. The molecule has 6 heteroatoms. The van der Waals surface area contributed by atoms with Gasteiger partial charge in [0.05, 0.1) is 11.3 Å². The van der Waals surface area contributed by atoms with Crippen LogP contribution in [0.2, 0.25) is 0 Å². The van der Waals surface area contributed by atoms with E-state index in [1.165, 1.54) is 0 Å². The second kappa shape index (κ2) is 7.58. The average Bonchev–Trinajstić information content (AvgIpc) is 3.35. The van der Waals surface area contributed by atoms with Gasteiger partial charge < -0.3 is 9.80 Å². The van der Waals surface area contributed by atoms with Gasteiger partial charge in [-0.3, -0.25) is 14.6 Å². The Morgan fingerprint density at radius 3 is 2.65 bits per heavy atom. The maximum absolute atomic E-state index is 12.7. The Labute approximate surface area is 157 Å². The molecular formula is C20H23N3O2S. The first-order chi connectivity index (χ1) is 12.7. The summed E-state index contributed by atoms with van der Waals surface area (Å²) in [4.78, 5) is 32.9. The number of thiophene rings is 1. The van der Waals surface area contributed by atoms with E-state index in [1.54, 1.807) is 17.5 Å². The van der Waals surface area contributed by atoms with Crippen molar-refractivity contribution < 1.29 is 9.59 Å². The number of hydrogen-bond donors (Lipinski definition) is 0. The zero-order valence-corrected chi connectivity index (χ0v) is 15.6. The van der Waals surface area contributed by atoms with Gasteiger partial charge in [0, 0.05) is 49.7 Å². The number of carbonyl (C=O) groups excluding carboxylic acids is 2. The molecule has 2 fully saturated rings. The lowest BCUT2D eigenvalue weighted by molar-refractivity contribution is -0.128. The van der Waals surface area contributed by atoms with E-state index in [-0.39, 0.29) is 5.91 Å². The summed E-state index contributed by atoms with van der Waals surface area (Å²) >= 11 is 1.64. The Kier molecular flexibility index (Phi) is 5.02. The van der Waals surface area contributed by atoms with Gasteiger partial charge in [0.2, 0.25) is 5.91 Å². The standard InChI is InChI=1S/C20H23N3O2S/c24-19-2-1-8-23(19)13-15-5-9-22(10-6-15)20(25)16-3-4-18(21-12-16)17-7-11-26-14-17/h3-4,7,11-12,14-15H,1-2,5-6,8-10,13H2. The number of carbonyl (C=O) groups is 2. The minimum Gasteiger partial charge on any atom is -0.342 e. The monoisotopic (exact) mass is 369 g/mol. The van der Waals surface area contributed by atoms with E-state index in [2.05, 4.69) is 10.4 Å². The summed E-state index contributed by atoms with van der Waals surface area (Å²) in [6.45, 7) is 3.29. The van der Waals surface area contributed by atoms with Gasteiger partial charge in [-0.25, -0.2) is 0 Å². The Bertz CT molecular complexity index is 765. The molecule has 0 saturated carbocycles. The van der Waals surface area contributed by atoms with Crippen molar-refractivity contribution in [2.45, 2.75) is 25.7 Å². The molecule has 2 aliphatic rings. The Morgan fingerprint density at radius 1 is 1.19 bits per heavy atom. The van der Waals surface area contributed by atoms with Crippen LogP contribution in [-0.2, 0) is 4.79 Å². The molecule has 0 aromatic carbocycles. The molecule has 0 atom stereocenters. The van der Waals surface area contributed by atoms with E-state index >= 15 is 0 Å². The molecule has 0 bridgehead atoms. The van der Waals surface area contributed by atoms with E-state index in [4.69, 9.17) is 0 Å². The molecule has 0 aliphatic carbocycles. The predicted octanol–water partition coefficient (Wildman–Crippen LogP) is 3.28. The highest BCUT2D eigenvalue weighted by molar-refractivity contribution is 7.08. The van der Waals surface area contributed by atoms with Crippen molar-refractivity contribution in [2.75, 3.05) is 26.2 Å². The normalized spacial score (nSPS) is 18.5. The van der Waals surface area contributed by atoms with Gasteiger partial charge in [-0.05, 0) is 48.8 Å². The second-order valence-electron chi connectivity index (χ2n) is 7.12. The lowest BCUT2D eigenvalue weighted by Crippen LogP contribution is -2.41. The Balaban J connectivity index is 1.32. The number of likely N-dealkylation sites (tertiary alicyclic amines) is 2. The molecule has 2 saturated heterocycles. The van der Waals surface area contributed by atoms with Crippen LogP contribution in [0.25, 0.3) is 11.3 Å². The fourth-order valence-electron chi connectivity index (χ4n) is 3.81. The van der Waals surface area contributed by atoms with Crippen LogP contribution >= 0.6 is 11.3 Å². The van der Waals surface area contributed by atoms with Crippen LogP contribution in [0.1, 0.15) is 36.0 Å². The minimum atomic E-state index is 0.0602. The fourth-order valence-corrected chi connectivity index (χ4v) is 4.46. The van der Waals surface area contributed by atoms with Gasteiger partial charge >= 0.3 is 0 Å². The maximum atomic E-state index is 12.7. The van der Waals surface area contributed by atoms with Crippen molar-refractivity contribution in [3.8, 4) is 11.3 Å². The van der Waals surface area contributed by atoms with Crippen LogP contribution < -0.4 is 0 Å². The van der Waals surface area contributed by atoms with E-state index in [1.807, 2.05) is 33.4 Å². The smallest absolute Gasteiger partial charge is 0.255 e. The van der Waals surface area contributed by atoms with Gasteiger partial charge in [0.25, 0.3) is 5.91 Å². The van der Waals surface area contributed by atoms with E-state index < -0.39 is 0 Å². The summed E-state index contributed by atoms with van der Waals surface area (Å²) in [7, 11) is 0. The molecule has 0 unspecified atom stereocenters. The second-order valence-corrected chi connectivity index (χ2v) is 7.90. The summed E-state index contributed by atoms with van der Waals surface area (Å²) < 4.78 is 0. The van der Waals surface area contributed by atoms with Crippen LogP contribution in [0, 0.1) is 5.92 Å². The molecule has 26 heavy (non-hydrogen) atoms. The Hall–Kier alpha value is -2.21. The quantitative estimate of drug-likeness (QED) is 0.831. The van der Waals surface area contributed by atoms with Crippen LogP contribution in [0.3, 0.4) is 0 Å². The number of pyridine rings is 1. The van der Waals surface area contributed by atoms with Crippen molar-refractivity contribution in [3.05, 3.63) is 40.7 Å². The summed E-state index contributed by atoms with van der Waals surface area (Å²) in [5, 5.41) is 4.08. The molecule has 4 heterocycles. The lowest BCUT2D eigenvalue weighted by atomic mass is 9.96. The van der Waals surface area contributed by atoms with Gasteiger partial charge in [-0.1, -0.05) is 0 Å². The highest BCUT2D eigenvalue weighted by atomic mass is 32.1. The number of aromatic nitrogens is 1. The topological polar surface area (TPSA) is 53.5 Å². The van der Waals surface area contributed by atoms with E-state index in [9.17, 15) is 9.59 Å². The van der Waals surface area contributed by atoms with Crippen molar-refractivity contribution in [2.24, 2.45) is 5.92 Å². The van der Waals surface area contributed by atoms with Crippen LogP contribution in [0.4, 0.5) is 0 Å². The van der Waals surface area contributed by atoms with Crippen molar-refractivity contribution in [3.63, 3.8) is 0 Å². The molecule has 2 aromatic heterocycles. The fraction of sp³-hybridized carbons (Fsp3) is 0.450. The SMILES string of the molecule is O=C1CCCN1CC1CCN(C(=O)c2ccc(-c3ccsc3)nc2)CC1. The van der Waals surface area contributed by atoms with Crippen molar-refractivity contribution in [1.82, 2.24) is 14.8 Å². The van der Waals surface area contributed by atoms with Crippen LogP contribution in [-0.4, -0.2) is 52.8 Å². The molecule has 0 N–H and O–H groups in total. The highest BCUT2D eigenvalue weighted by Crippen LogP contribution is 2.23. The van der Waals surface area contributed by atoms with Crippen LogP contribution in [0.15, 0.2) is 35.2 Å². The average molecular weight is 369 g/mol. The van der Waals surface area contributed by atoms with Crippen LogP contribution in [0.5, 0.6) is 0 Å². The first-order valence-corrected chi connectivity index (χ1v) is 10.2. The van der Waals surface area contributed by atoms with E-state index in [0.717, 1.165) is 56.7 Å². The predicted molar refractivity (Wildman–Crippen MR) is 102 cm³/mol. The molecule has 2 aromatic rings. The molecule has 2 amide bonds. The van der Waals surface area contributed by atoms with Gasteiger partial charge in [-0.2, -0.15) is 11.3 Å². The zero-order chi connectivity index (χ0) is 17.9. The summed E-state index contributed by atoms with van der Waals surface area (Å²) in [6, 6.07) is 5.82. The lowest BCUT2D eigenvalue weighted by Gasteiger charge is -2.34. The van der Waals surface area contributed by atoms with Gasteiger partial charge in [0.1, 0.15) is 0 Å². The summed E-state index contributed by atoms with van der Waals surface area (Å²) in [6.07, 6.45) is 5.31. The van der Waals surface area contributed by atoms with Gasteiger partial charge in [-0.15, -0.1) is 0 Å². The number of nitrogens with zero attached hydrogens (tertiary/aromatic N) is 3. The third-order valence-corrected chi connectivity index (χ3v) is 6.06. The largest absolute Gasteiger partial charge is 0.342 e. The number of piperidine rings is 1. The molecule has 0 spiro atoms. The Morgan fingerprint density at radius 2 is 2.04 bits per heavy atom. The summed E-state index contributed by atoms with van der Waals surface area (Å²) in [5.74, 6) is 0.866. The number of amides is 2. The molecule has 4 rings (SSSR count). The van der Waals surface area contributed by atoms with Gasteiger partial charge in [0.15, 0.2) is 0 Å². The summed E-state index contributed by atoms with van der Waals surface area (Å²) in [5.41, 5.74) is 2.64. The zero-order valence-electron chi connectivity index (χ0n) is 14.8. The molecule has 136 valence electrons. The highest BCUT2D eigenvalue weighted by Gasteiger charge is 2.28. The molecular weight excluding hydrogens is 346 g/mol. The maximum Gasteiger partial charge on any atom is 0.255 e. The number of hydrogen-bond acceptors (Lipinski definition) is 4. The van der Waals surface area contributed by atoms with E-state index in [0.29, 0.717) is 23.8 Å². The molecule has 0 radical (unpaired) electrons. The molecule has 2 aliphatic heterocycles.